The van der Waals surface area contributed by atoms with Crippen LogP contribution in [0.15, 0.2) is 0 Å². The van der Waals surface area contributed by atoms with Crippen molar-refractivity contribution in [1.29, 1.82) is 0 Å². The lowest BCUT2D eigenvalue weighted by molar-refractivity contribution is 0.109. The molecule has 0 aromatic carbocycles. The van der Waals surface area contributed by atoms with Crippen LogP contribution in [-0.4, -0.2) is 47.3 Å². The average Bonchev–Trinajstić information content (AvgIpc) is 2.84. The van der Waals surface area contributed by atoms with Crippen LogP contribution in [0.3, 0.4) is 0 Å². The van der Waals surface area contributed by atoms with Crippen LogP contribution in [0.2, 0.25) is 0 Å². The maximum atomic E-state index is 9.81. The summed E-state index contributed by atoms with van der Waals surface area (Å²) in [6.45, 7) is 9.50. The zero-order chi connectivity index (χ0) is 14.6. The van der Waals surface area contributed by atoms with E-state index in [9.17, 15) is 5.11 Å². The summed E-state index contributed by atoms with van der Waals surface area (Å²) in [6, 6.07) is 1.15. The van der Waals surface area contributed by atoms with Crippen molar-refractivity contribution < 1.29 is 5.11 Å². The van der Waals surface area contributed by atoms with Gasteiger partial charge in [-0.05, 0) is 51.1 Å². The summed E-state index contributed by atoms with van der Waals surface area (Å²) in [5.41, 5.74) is -0.0148. The van der Waals surface area contributed by atoms with E-state index in [1.165, 1.54) is 45.2 Å². The molecule has 1 aliphatic carbocycles. The minimum Gasteiger partial charge on any atom is -0.394 e. The lowest BCUT2D eigenvalue weighted by Crippen LogP contribution is -2.51. The second-order valence-electron chi connectivity index (χ2n) is 7.40. The molecular formula is C17H34N2O. The summed E-state index contributed by atoms with van der Waals surface area (Å²) < 4.78 is 0. The van der Waals surface area contributed by atoms with Gasteiger partial charge in [0.2, 0.25) is 0 Å². The molecule has 3 nitrogen and oxygen atoms in total. The monoisotopic (exact) mass is 282 g/mol. The van der Waals surface area contributed by atoms with E-state index in [-0.39, 0.29) is 12.1 Å². The molecule has 2 N–H and O–H groups in total. The largest absolute Gasteiger partial charge is 0.394 e. The van der Waals surface area contributed by atoms with Gasteiger partial charge in [-0.25, -0.2) is 0 Å². The summed E-state index contributed by atoms with van der Waals surface area (Å²) in [7, 11) is 0. The van der Waals surface area contributed by atoms with Crippen molar-refractivity contribution in [3.05, 3.63) is 0 Å². The third-order valence-electron chi connectivity index (χ3n) is 5.34. The lowest BCUT2D eigenvalue weighted by Gasteiger charge is -2.37. The molecule has 0 aromatic rings. The van der Waals surface area contributed by atoms with Crippen LogP contribution in [-0.2, 0) is 0 Å². The van der Waals surface area contributed by atoms with Gasteiger partial charge >= 0.3 is 0 Å². The fraction of sp³-hybridized carbons (Fsp3) is 1.00. The van der Waals surface area contributed by atoms with Gasteiger partial charge in [0.15, 0.2) is 0 Å². The summed E-state index contributed by atoms with van der Waals surface area (Å²) in [5, 5.41) is 13.4. The van der Waals surface area contributed by atoms with Crippen molar-refractivity contribution in [2.75, 3.05) is 19.7 Å². The van der Waals surface area contributed by atoms with E-state index in [0.717, 1.165) is 18.8 Å². The fourth-order valence-electron chi connectivity index (χ4n) is 4.36. The van der Waals surface area contributed by atoms with Crippen LogP contribution in [0, 0.1) is 5.92 Å². The molecule has 2 unspecified atom stereocenters. The molecule has 0 aromatic heterocycles. The minimum absolute atomic E-state index is 0.0148. The van der Waals surface area contributed by atoms with Gasteiger partial charge in [-0.3, -0.25) is 0 Å². The second-order valence-corrected chi connectivity index (χ2v) is 7.40. The summed E-state index contributed by atoms with van der Waals surface area (Å²) in [5.74, 6) is 0.967. The van der Waals surface area contributed by atoms with Gasteiger partial charge in [0.25, 0.3) is 0 Å². The number of aliphatic hydroxyl groups is 1. The van der Waals surface area contributed by atoms with Gasteiger partial charge < -0.3 is 15.3 Å². The highest BCUT2D eigenvalue weighted by Crippen LogP contribution is 2.35. The first-order valence-corrected chi connectivity index (χ1v) is 8.71. The Kier molecular flexibility index (Phi) is 5.88. The summed E-state index contributed by atoms with van der Waals surface area (Å²) in [6.07, 6.45) is 9.01. The Morgan fingerprint density at radius 3 is 2.50 bits per heavy atom. The third kappa shape index (κ3) is 3.96. The molecule has 0 spiro atoms. The predicted molar refractivity (Wildman–Crippen MR) is 84.9 cm³/mol. The zero-order valence-electron chi connectivity index (χ0n) is 13.7. The molecule has 0 bridgehead atoms. The molecular weight excluding hydrogens is 248 g/mol. The van der Waals surface area contributed by atoms with Crippen molar-refractivity contribution in [3.8, 4) is 0 Å². The fourth-order valence-corrected chi connectivity index (χ4v) is 4.36. The Morgan fingerprint density at radius 2 is 1.95 bits per heavy atom. The Balaban J connectivity index is 1.83. The predicted octanol–water partition coefficient (Wildman–Crippen LogP) is 2.78. The quantitative estimate of drug-likeness (QED) is 0.786. The van der Waals surface area contributed by atoms with Crippen molar-refractivity contribution >= 4 is 0 Å². The van der Waals surface area contributed by atoms with E-state index in [1.807, 2.05) is 0 Å². The van der Waals surface area contributed by atoms with Gasteiger partial charge in [0, 0.05) is 17.6 Å². The molecule has 3 heteroatoms. The standard InChI is InChI=1S/C17H34N2O/c1-4-5-15-7-10-19(11-8-15)16-6-9-17(12-16,13-20)18-14(2)3/h14-16,18,20H,4-13H2,1-3H3. The normalized spacial score (nSPS) is 33.1. The van der Waals surface area contributed by atoms with E-state index >= 15 is 0 Å². The number of hydrogen-bond donors (Lipinski definition) is 2. The van der Waals surface area contributed by atoms with E-state index in [4.69, 9.17) is 0 Å². The van der Waals surface area contributed by atoms with Crippen LogP contribution in [0.25, 0.3) is 0 Å². The van der Waals surface area contributed by atoms with Crippen LogP contribution in [0.1, 0.15) is 65.7 Å². The Bertz CT molecular complexity index is 287. The van der Waals surface area contributed by atoms with Crippen LogP contribution in [0.4, 0.5) is 0 Å². The van der Waals surface area contributed by atoms with E-state index < -0.39 is 0 Å². The molecule has 20 heavy (non-hydrogen) atoms. The first-order chi connectivity index (χ1) is 9.58. The minimum atomic E-state index is -0.0148. The highest BCUT2D eigenvalue weighted by Gasteiger charge is 2.41. The van der Waals surface area contributed by atoms with Crippen molar-refractivity contribution in [3.63, 3.8) is 0 Å². The zero-order valence-corrected chi connectivity index (χ0v) is 13.7. The molecule has 2 fully saturated rings. The summed E-state index contributed by atoms with van der Waals surface area (Å²) in [4.78, 5) is 2.70. The molecule has 1 heterocycles. The van der Waals surface area contributed by atoms with E-state index in [1.54, 1.807) is 0 Å². The van der Waals surface area contributed by atoms with Gasteiger partial charge in [0.05, 0.1) is 6.61 Å². The van der Waals surface area contributed by atoms with Crippen LogP contribution in [0.5, 0.6) is 0 Å². The van der Waals surface area contributed by atoms with Gasteiger partial charge in [-0.15, -0.1) is 0 Å². The molecule has 2 aliphatic rings. The summed E-state index contributed by atoms with van der Waals surface area (Å²) >= 11 is 0. The Hall–Kier alpha value is -0.120. The van der Waals surface area contributed by atoms with Gasteiger partial charge in [0.1, 0.15) is 0 Å². The number of hydrogen-bond acceptors (Lipinski definition) is 3. The molecule has 0 amide bonds. The van der Waals surface area contributed by atoms with Crippen LogP contribution >= 0.6 is 0 Å². The molecule has 2 rings (SSSR count). The Labute approximate surface area is 125 Å². The van der Waals surface area contributed by atoms with Crippen molar-refractivity contribution in [1.82, 2.24) is 10.2 Å². The van der Waals surface area contributed by atoms with Crippen molar-refractivity contribution in [2.45, 2.75) is 83.3 Å². The number of nitrogens with zero attached hydrogens (tertiary/aromatic N) is 1. The molecule has 2 atom stereocenters. The third-order valence-corrected chi connectivity index (χ3v) is 5.34. The van der Waals surface area contributed by atoms with Gasteiger partial charge in [-0.1, -0.05) is 33.6 Å². The number of aliphatic hydroxyl groups excluding tert-OH is 1. The maximum absolute atomic E-state index is 9.81. The number of rotatable bonds is 6. The maximum Gasteiger partial charge on any atom is 0.0614 e. The molecule has 118 valence electrons. The van der Waals surface area contributed by atoms with E-state index in [0.29, 0.717) is 12.1 Å². The first kappa shape index (κ1) is 16.3. The van der Waals surface area contributed by atoms with Gasteiger partial charge in [-0.2, -0.15) is 0 Å². The highest BCUT2D eigenvalue weighted by atomic mass is 16.3. The molecule has 1 saturated heterocycles. The van der Waals surface area contributed by atoms with Crippen LogP contribution < -0.4 is 5.32 Å². The SMILES string of the molecule is CCCC1CCN(C2CCC(CO)(NC(C)C)C2)CC1. The molecule has 1 aliphatic heterocycles. The Morgan fingerprint density at radius 1 is 1.25 bits per heavy atom. The van der Waals surface area contributed by atoms with E-state index in [2.05, 4.69) is 31.0 Å². The molecule has 0 radical (unpaired) electrons. The number of piperidine rings is 1. The highest BCUT2D eigenvalue weighted by molar-refractivity contribution is 5.00. The first-order valence-electron chi connectivity index (χ1n) is 8.71. The average molecular weight is 282 g/mol. The second kappa shape index (κ2) is 7.24. The molecule has 1 saturated carbocycles. The topological polar surface area (TPSA) is 35.5 Å². The number of likely N-dealkylation sites (tertiary alicyclic amines) is 1. The number of nitrogens with one attached hydrogen (secondary N) is 1. The van der Waals surface area contributed by atoms with Crippen molar-refractivity contribution in [2.24, 2.45) is 5.92 Å². The smallest absolute Gasteiger partial charge is 0.0614 e. The lowest BCUT2D eigenvalue weighted by atomic mass is 9.91.